The van der Waals surface area contributed by atoms with Gasteiger partial charge in [0.25, 0.3) is 0 Å². The molecular formula is C19H18O2. The Morgan fingerprint density at radius 2 is 1.57 bits per heavy atom. The Morgan fingerprint density at radius 3 is 2.19 bits per heavy atom. The number of carboxylic acid groups (broad SMARTS) is 1. The third-order valence-corrected chi connectivity index (χ3v) is 3.95. The molecule has 0 heterocycles. The Hall–Kier alpha value is -2.35. The van der Waals surface area contributed by atoms with Crippen molar-refractivity contribution in [1.82, 2.24) is 0 Å². The van der Waals surface area contributed by atoms with Gasteiger partial charge in [0.05, 0.1) is 0 Å². The summed E-state index contributed by atoms with van der Waals surface area (Å²) >= 11 is 0. The SMILES string of the molecule is CC(C)(C)c1ccc2c(c1)/C(=C/C(=O)O)c1ccccc1-2. The molecule has 1 aliphatic carbocycles. The topological polar surface area (TPSA) is 37.3 Å². The number of hydrogen-bond acceptors (Lipinski definition) is 1. The first-order valence-corrected chi connectivity index (χ1v) is 7.07. The third-order valence-electron chi connectivity index (χ3n) is 3.95. The normalized spacial score (nSPS) is 14.9. The van der Waals surface area contributed by atoms with E-state index in [4.69, 9.17) is 0 Å². The molecule has 0 fully saturated rings. The van der Waals surface area contributed by atoms with E-state index in [1.165, 1.54) is 11.6 Å². The second-order valence-corrected chi connectivity index (χ2v) is 6.45. The van der Waals surface area contributed by atoms with Gasteiger partial charge in [-0.2, -0.15) is 0 Å². The summed E-state index contributed by atoms with van der Waals surface area (Å²) in [5.74, 6) is -0.909. The van der Waals surface area contributed by atoms with E-state index in [-0.39, 0.29) is 5.41 Å². The van der Waals surface area contributed by atoms with Crippen LogP contribution in [0.15, 0.2) is 48.5 Å². The molecule has 2 aromatic rings. The largest absolute Gasteiger partial charge is 0.478 e. The first kappa shape index (κ1) is 13.6. The van der Waals surface area contributed by atoms with Crippen LogP contribution in [0.3, 0.4) is 0 Å². The van der Waals surface area contributed by atoms with Gasteiger partial charge in [0.15, 0.2) is 0 Å². The molecule has 3 rings (SSSR count). The highest BCUT2D eigenvalue weighted by Crippen LogP contribution is 2.45. The van der Waals surface area contributed by atoms with Crippen molar-refractivity contribution in [3.63, 3.8) is 0 Å². The number of aliphatic carboxylic acids is 1. The van der Waals surface area contributed by atoms with Crippen LogP contribution < -0.4 is 0 Å². The van der Waals surface area contributed by atoms with E-state index in [0.717, 1.165) is 27.8 Å². The van der Waals surface area contributed by atoms with Crippen LogP contribution in [0.5, 0.6) is 0 Å². The summed E-state index contributed by atoms with van der Waals surface area (Å²) < 4.78 is 0. The van der Waals surface area contributed by atoms with E-state index in [9.17, 15) is 9.90 Å². The standard InChI is InChI=1S/C19H18O2/c1-19(2,3)12-8-9-15-13-6-4-5-7-14(13)17(11-18(20)21)16(15)10-12/h4-11H,1-3H3,(H,20,21)/b17-11+. The molecule has 0 saturated heterocycles. The molecule has 0 saturated carbocycles. The Labute approximate surface area is 124 Å². The first-order valence-electron chi connectivity index (χ1n) is 7.07. The molecule has 21 heavy (non-hydrogen) atoms. The maximum atomic E-state index is 11.2. The monoisotopic (exact) mass is 278 g/mol. The fourth-order valence-electron chi connectivity index (χ4n) is 2.85. The molecule has 106 valence electrons. The molecule has 0 amide bonds. The summed E-state index contributed by atoms with van der Waals surface area (Å²) in [5, 5.41) is 9.18. The molecule has 0 aliphatic heterocycles. The highest BCUT2D eigenvalue weighted by Gasteiger charge is 2.25. The number of carboxylic acids is 1. The minimum absolute atomic E-state index is 0.0398. The average Bonchev–Trinajstić information content (AvgIpc) is 2.72. The van der Waals surface area contributed by atoms with Gasteiger partial charge in [0.2, 0.25) is 0 Å². The van der Waals surface area contributed by atoms with Gasteiger partial charge in [-0.3, -0.25) is 0 Å². The second kappa shape index (κ2) is 4.59. The van der Waals surface area contributed by atoms with Crippen molar-refractivity contribution in [2.45, 2.75) is 26.2 Å². The van der Waals surface area contributed by atoms with Crippen LogP contribution in [0.1, 0.15) is 37.5 Å². The molecule has 1 aliphatic rings. The van der Waals surface area contributed by atoms with E-state index in [0.29, 0.717) is 0 Å². The Bertz CT molecular complexity index is 761. The lowest BCUT2D eigenvalue weighted by atomic mass is 9.85. The first-order chi connectivity index (χ1) is 9.88. The summed E-state index contributed by atoms with van der Waals surface area (Å²) in [4.78, 5) is 11.2. The van der Waals surface area contributed by atoms with Crippen molar-refractivity contribution in [2.75, 3.05) is 0 Å². The lowest BCUT2D eigenvalue weighted by molar-refractivity contribution is -0.131. The average molecular weight is 278 g/mol. The minimum atomic E-state index is -0.909. The van der Waals surface area contributed by atoms with Crippen molar-refractivity contribution in [3.05, 3.63) is 65.2 Å². The van der Waals surface area contributed by atoms with Crippen molar-refractivity contribution in [3.8, 4) is 11.1 Å². The Kier molecular flexibility index (Phi) is 2.98. The van der Waals surface area contributed by atoms with E-state index in [2.05, 4.69) is 39.0 Å². The van der Waals surface area contributed by atoms with Crippen LogP contribution in [0.2, 0.25) is 0 Å². The summed E-state index contributed by atoms with van der Waals surface area (Å²) in [6.07, 6.45) is 1.32. The quantitative estimate of drug-likeness (QED) is 0.666. The molecule has 0 radical (unpaired) electrons. The van der Waals surface area contributed by atoms with E-state index < -0.39 is 5.97 Å². The summed E-state index contributed by atoms with van der Waals surface area (Å²) in [7, 11) is 0. The lowest BCUT2D eigenvalue weighted by Crippen LogP contribution is -2.11. The molecule has 0 bridgehead atoms. The van der Waals surface area contributed by atoms with Gasteiger partial charge in [0.1, 0.15) is 0 Å². The van der Waals surface area contributed by atoms with E-state index in [1.807, 2.05) is 24.3 Å². The fraction of sp³-hybridized carbons (Fsp3) is 0.211. The van der Waals surface area contributed by atoms with Gasteiger partial charge in [-0.25, -0.2) is 4.79 Å². The molecule has 0 unspecified atom stereocenters. The lowest BCUT2D eigenvalue weighted by Gasteiger charge is -2.20. The van der Waals surface area contributed by atoms with Crippen LogP contribution >= 0.6 is 0 Å². The van der Waals surface area contributed by atoms with Gasteiger partial charge in [-0.05, 0) is 44.9 Å². The maximum Gasteiger partial charge on any atom is 0.328 e. The van der Waals surface area contributed by atoms with Crippen molar-refractivity contribution in [2.24, 2.45) is 0 Å². The summed E-state index contributed by atoms with van der Waals surface area (Å²) in [6, 6.07) is 14.4. The maximum absolute atomic E-state index is 11.2. The molecule has 2 aromatic carbocycles. The molecule has 0 spiro atoms. The minimum Gasteiger partial charge on any atom is -0.478 e. The van der Waals surface area contributed by atoms with E-state index in [1.54, 1.807) is 0 Å². The van der Waals surface area contributed by atoms with Crippen molar-refractivity contribution >= 4 is 11.5 Å². The van der Waals surface area contributed by atoms with E-state index >= 15 is 0 Å². The number of carbonyl (C=O) groups is 1. The molecule has 0 atom stereocenters. The van der Waals surface area contributed by atoms with Crippen LogP contribution in [0, 0.1) is 0 Å². The van der Waals surface area contributed by atoms with Crippen molar-refractivity contribution in [1.29, 1.82) is 0 Å². The second-order valence-electron chi connectivity index (χ2n) is 6.45. The van der Waals surface area contributed by atoms with Crippen molar-refractivity contribution < 1.29 is 9.90 Å². The third kappa shape index (κ3) is 2.27. The predicted molar refractivity (Wildman–Crippen MR) is 85.3 cm³/mol. The zero-order valence-electron chi connectivity index (χ0n) is 12.5. The van der Waals surface area contributed by atoms with Gasteiger partial charge in [-0.1, -0.05) is 57.2 Å². The number of benzene rings is 2. The van der Waals surface area contributed by atoms with Crippen LogP contribution in [0.25, 0.3) is 16.7 Å². The Balaban J connectivity index is 2.28. The number of fused-ring (bicyclic) bond motifs is 3. The predicted octanol–water partition coefficient (Wildman–Crippen LogP) is 4.48. The van der Waals surface area contributed by atoms with Crippen LogP contribution in [-0.4, -0.2) is 11.1 Å². The van der Waals surface area contributed by atoms with Gasteiger partial charge in [-0.15, -0.1) is 0 Å². The van der Waals surface area contributed by atoms with Crippen LogP contribution in [-0.2, 0) is 10.2 Å². The molecule has 2 nitrogen and oxygen atoms in total. The molecule has 0 aromatic heterocycles. The van der Waals surface area contributed by atoms with Gasteiger partial charge < -0.3 is 5.11 Å². The smallest absolute Gasteiger partial charge is 0.328 e. The summed E-state index contributed by atoms with van der Waals surface area (Å²) in [5.41, 5.74) is 6.31. The highest BCUT2D eigenvalue weighted by atomic mass is 16.4. The van der Waals surface area contributed by atoms with Gasteiger partial charge >= 0.3 is 5.97 Å². The fourth-order valence-corrected chi connectivity index (χ4v) is 2.85. The number of hydrogen-bond donors (Lipinski definition) is 1. The molecule has 2 heteroatoms. The Morgan fingerprint density at radius 1 is 0.952 bits per heavy atom. The van der Waals surface area contributed by atoms with Crippen LogP contribution in [0.4, 0.5) is 0 Å². The zero-order valence-corrected chi connectivity index (χ0v) is 12.5. The summed E-state index contributed by atoms with van der Waals surface area (Å²) in [6.45, 7) is 6.49. The number of rotatable bonds is 1. The zero-order chi connectivity index (χ0) is 15.2. The molecule has 1 N–H and O–H groups in total. The molecular weight excluding hydrogens is 260 g/mol. The highest BCUT2D eigenvalue weighted by molar-refractivity contribution is 6.06. The van der Waals surface area contributed by atoms with Gasteiger partial charge in [0, 0.05) is 6.08 Å².